The number of H-pyrrole nitrogens is 1. The van der Waals surface area contributed by atoms with Crippen molar-refractivity contribution >= 4 is 22.8 Å². The number of hydrogen-bond acceptors (Lipinski definition) is 6. The molecule has 0 aromatic carbocycles. The molecule has 2 aromatic rings. The first kappa shape index (κ1) is 15.6. The van der Waals surface area contributed by atoms with Gasteiger partial charge in [-0.1, -0.05) is 0 Å². The zero-order valence-corrected chi connectivity index (χ0v) is 14.7. The number of nitrogens with zero attached hydrogens (tertiary/aromatic N) is 3. The molecular formula is C17H20N4O3S. The van der Waals surface area contributed by atoms with E-state index in [0.717, 1.165) is 56.7 Å². The number of nitrogens with one attached hydrogen (secondary N) is 1. The first-order valence-electron chi connectivity index (χ1n) is 9.01. The SMILES string of the molecule is O=c1[nH]c(=O)n(C2CC2)c2nc(C3CC3)nc(SCC3CCCO3)c12. The molecule has 5 rings (SSSR count). The molecule has 2 aliphatic carbocycles. The van der Waals surface area contributed by atoms with Gasteiger partial charge in [0.05, 0.1) is 6.10 Å². The van der Waals surface area contributed by atoms with E-state index < -0.39 is 0 Å². The lowest BCUT2D eigenvalue weighted by Gasteiger charge is -2.13. The lowest BCUT2D eigenvalue weighted by molar-refractivity contribution is 0.129. The van der Waals surface area contributed by atoms with Gasteiger partial charge in [0.1, 0.15) is 16.2 Å². The summed E-state index contributed by atoms with van der Waals surface area (Å²) in [4.78, 5) is 36.7. The van der Waals surface area contributed by atoms with Gasteiger partial charge in [0.15, 0.2) is 5.65 Å². The van der Waals surface area contributed by atoms with Crippen molar-refractivity contribution in [2.24, 2.45) is 0 Å². The van der Waals surface area contributed by atoms with Crippen LogP contribution in [0, 0.1) is 0 Å². The lowest BCUT2D eigenvalue weighted by atomic mass is 10.3. The highest BCUT2D eigenvalue weighted by molar-refractivity contribution is 7.99. The molecule has 0 radical (unpaired) electrons. The highest BCUT2D eigenvalue weighted by Gasteiger charge is 2.32. The van der Waals surface area contributed by atoms with E-state index in [-0.39, 0.29) is 23.4 Å². The molecule has 2 saturated carbocycles. The summed E-state index contributed by atoms with van der Waals surface area (Å²) < 4.78 is 7.36. The summed E-state index contributed by atoms with van der Waals surface area (Å²) in [6.07, 6.45) is 6.44. The third-order valence-electron chi connectivity index (χ3n) is 5.05. The quantitative estimate of drug-likeness (QED) is 0.648. The highest BCUT2D eigenvalue weighted by atomic mass is 32.2. The summed E-state index contributed by atoms with van der Waals surface area (Å²) in [5.74, 6) is 1.92. The van der Waals surface area contributed by atoms with Crippen LogP contribution in [0.1, 0.15) is 56.3 Å². The molecule has 8 heteroatoms. The van der Waals surface area contributed by atoms with Gasteiger partial charge in [0.2, 0.25) is 0 Å². The summed E-state index contributed by atoms with van der Waals surface area (Å²) >= 11 is 1.56. The fourth-order valence-corrected chi connectivity index (χ4v) is 4.47. The Kier molecular flexibility index (Phi) is 3.71. The van der Waals surface area contributed by atoms with Gasteiger partial charge in [0.25, 0.3) is 5.56 Å². The van der Waals surface area contributed by atoms with E-state index in [9.17, 15) is 9.59 Å². The second-order valence-corrected chi connectivity index (χ2v) is 8.18. The molecule has 1 unspecified atom stereocenters. The molecule has 25 heavy (non-hydrogen) atoms. The molecular weight excluding hydrogens is 340 g/mol. The minimum Gasteiger partial charge on any atom is -0.377 e. The third kappa shape index (κ3) is 2.91. The predicted octanol–water partition coefficient (Wildman–Crippen LogP) is 1.96. The number of hydrogen-bond donors (Lipinski definition) is 1. The van der Waals surface area contributed by atoms with Gasteiger partial charge in [-0.2, -0.15) is 0 Å². The number of rotatable bonds is 5. The monoisotopic (exact) mass is 360 g/mol. The Bertz CT molecular complexity index is 939. The number of thioether (sulfide) groups is 1. The largest absolute Gasteiger partial charge is 0.377 e. The average Bonchev–Trinajstić information content (AvgIpc) is 3.52. The molecule has 132 valence electrons. The Morgan fingerprint density at radius 2 is 2.00 bits per heavy atom. The van der Waals surface area contributed by atoms with Gasteiger partial charge in [-0.25, -0.2) is 14.8 Å². The fourth-order valence-electron chi connectivity index (χ4n) is 3.38. The topological polar surface area (TPSA) is 89.9 Å². The van der Waals surface area contributed by atoms with Crippen molar-refractivity contribution in [3.05, 3.63) is 26.7 Å². The molecule has 0 bridgehead atoms. The molecule has 3 aliphatic rings. The van der Waals surface area contributed by atoms with Crippen molar-refractivity contribution in [1.29, 1.82) is 0 Å². The zero-order chi connectivity index (χ0) is 17.0. The van der Waals surface area contributed by atoms with E-state index in [0.29, 0.717) is 22.0 Å². The Morgan fingerprint density at radius 3 is 2.68 bits per heavy atom. The van der Waals surface area contributed by atoms with Crippen LogP contribution in [-0.4, -0.2) is 38.0 Å². The molecule has 1 N–H and O–H groups in total. The molecule has 1 atom stereocenters. The van der Waals surface area contributed by atoms with Crippen molar-refractivity contribution in [2.45, 2.75) is 61.6 Å². The molecule has 3 heterocycles. The second kappa shape index (κ2) is 5.95. The maximum Gasteiger partial charge on any atom is 0.330 e. The first-order chi connectivity index (χ1) is 12.2. The van der Waals surface area contributed by atoms with Gasteiger partial charge in [-0.05, 0) is 38.5 Å². The van der Waals surface area contributed by atoms with Gasteiger partial charge >= 0.3 is 5.69 Å². The fraction of sp³-hybridized carbons (Fsp3) is 0.647. The number of aromatic amines is 1. The van der Waals surface area contributed by atoms with E-state index in [1.54, 1.807) is 16.3 Å². The van der Waals surface area contributed by atoms with Gasteiger partial charge < -0.3 is 4.74 Å². The van der Waals surface area contributed by atoms with Crippen molar-refractivity contribution in [3.63, 3.8) is 0 Å². The maximum absolute atomic E-state index is 12.5. The molecule has 2 aromatic heterocycles. The van der Waals surface area contributed by atoms with Gasteiger partial charge in [-0.3, -0.25) is 14.3 Å². The smallest absolute Gasteiger partial charge is 0.330 e. The van der Waals surface area contributed by atoms with E-state index in [1.807, 2.05) is 0 Å². The Balaban J connectivity index is 1.64. The Morgan fingerprint density at radius 1 is 1.16 bits per heavy atom. The van der Waals surface area contributed by atoms with Crippen LogP contribution in [0.4, 0.5) is 0 Å². The first-order valence-corrected chi connectivity index (χ1v) is 10.00. The van der Waals surface area contributed by atoms with Gasteiger partial charge in [-0.15, -0.1) is 11.8 Å². The summed E-state index contributed by atoms with van der Waals surface area (Å²) in [7, 11) is 0. The summed E-state index contributed by atoms with van der Waals surface area (Å²) in [6, 6.07) is 0.157. The number of ether oxygens (including phenoxy) is 1. The average molecular weight is 360 g/mol. The molecule has 1 saturated heterocycles. The van der Waals surface area contributed by atoms with Crippen LogP contribution in [0.25, 0.3) is 11.0 Å². The van der Waals surface area contributed by atoms with Gasteiger partial charge in [0, 0.05) is 24.3 Å². The van der Waals surface area contributed by atoms with E-state index in [4.69, 9.17) is 9.72 Å². The predicted molar refractivity (Wildman–Crippen MR) is 94.4 cm³/mol. The number of aromatic nitrogens is 4. The minimum atomic E-state index is -0.380. The summed E-state index contributed by atoms with van der Waals surface area (Å²) in [5.41, 5.74) is -0.215. The Hall–Kier alpha value is -1.67. The second-order valence-electron chi connectivity index (χ2n) is 7.17. The normalized spacial score (nSPS) is 23.4. The van der Waals surface area contributed by atoms with Crippen molar-refractivity contribution < 1.29 is 4.74 Å². The van der Waals surface area contributed by atoms with Crippen LogP contribution in [0.2, 0.25) is 0 Å². The van der Waals surface area contributed by atoms with Crippen molar-refractivity contribution in [2.75, 3.05) is 12.4 Å². The van der Waals surface area contributed by atoms with E-state index >= 15 is 0 Å². The highest BCUT2D eigenvalue weighted by Crippen LogP contribution is 2.41. The summed E-state index contributed by atoms with van der Waals surface area (Å²) in [5, 5.41) is 1.15. The standard InChI is InChI=1S/C17H20N4O3S/c22-15-12-14(21(10-5-6-10)17(23)20-15)18-13(9-3-4-9)19-16(12)25-8-11-2-1-7-24-11/h9-11H,1-8H2,(H,20,22,23). The van der Waals surface area contributed by atoms with Crippen LogP contribution in [0.3, 0.4) is 0 Å². The van der Waals surface area contributed by atoms with Crippen molar-refractivity contribution in [3.8, 4) is 0 Å². The van der Waals surface area contributed by atoms with Crippen LogP contribution in [0.15, 0.2) is 14.6 Å². The molecule has 0 amide bonds. The van der Waals surface area contributed by atoms with E-state index in [1.165, 1.54) is 0 Å². The summed E-state index contributed by atoms with van der Waals surface area (Å²) in [6.45, 7) is 0.810. The molecule has 7 nitrogen and oxygen atoms in total. The van der Waals surface area contributed by atoms with Crippen LogP contribution >= 0.6 is 11.8 Å². The molecule has 3 fully saturated rings. The molecule has 0 spiro atoms. The lowest BCUT2D eigenvalue weighted by Crippen LogP contribution is -2.31. The third-order valence-corrected chi connectivity index (χ3v) is 6.16. The zero-order valence-electron chi connectivity index (χ0n) is 13.9. The van der Waals surface area contributed by atoms with Crippen LogP contribution < -0.4 is 11.2 Å². The number of fused-ring (bicyclic) bond motifs is 1. The minimum absolute atomic E-state index is 0.157. The molecule has 1 aliphatic heterocycles. The van der Waals surface area contributed by atoms with Crippen LogP contribution in [-0.2, 0) is 4.74 Å². The van der Waals surface area contributed by atoms with Crippen LogP contribution in [0.5, 0.6) is 0 Å². The van der Waals surface area contributed by atoms with E-state index in [2.05, 4.69) is 9.97 Å². The Labute approximate surface area is 148 Å². The van der Waals surface area contributed by atoms with Crippen molar-refractivity contribution in [1.82, 2.24) is 19.5 Å². The maximum atomic E-state index is 12.5.